The smallest absolute Gasteiger partial charge is 0.416 e. The number of carbonyl (C=O) groups excluding carboxylic acids is 1. The van der Waals surface area contributed by atoms with Gasteiger partial charge >= 0.3 is 24.4 Å². The fraction of sp³-hybridized carbons (Fsp3) is 0.297. The lowest BCUT2D eigenvalue weighted by Crippen LogP contribution is -2.31. The van der Waals surface area contributed by atoms with Crippen molar-refractivity contribution in [1.29, 1.82) is 0 Å². The molecule has 2 aliphatic rings. The molecule has 0 unspecified atom stereocenters. The van der Waals surface area contributed by atoms with Gasteiger partial charge in [-0.1, -0.05) is 30.3 Å². The largest absolute Gasteiger partial charge is 0.478 e. The monoisotopic (exact) mass is 667 g/mol. The second kappa shape index (κ2) is 12.0. The summed E-state index contributed by atoms with van der Waals surface area (Å²) in [5.74, 6) is -1.03. The minimum atomic E-state index is -5.04. The predicted molar refractivity (Wildman–Crippen MR) is 166 cm³/mol. The number of ether oxygens (including phenoxy) is 1. The molecule has 0 bridgehead atoms. The summed E-state index contributed by atoms with van der Waals surface area (Å²) in [7, 11) is 0. The molecule has 4 aromatic rings. The summed E-state index contributed by atoms with van der Waals surface area (Å²) in [6.45, 7) is 5.35. The van der Waals surface area contributed by atoms with E-state index in [2.05, 4.69) is 6.07 Å². The number of amides is 1. The second-order valence-corrected chi connectivity index (χ2v) is 12.5. The van der Waals surface area contributed by atoms with Gasteiger partial charge in [-0.15, -0.1) is 0 Å². The van der Waals surface area contributed by atoms with Gasteiger partial charge in [0.2, 0.25) is 0 Å². The molecule has 48 heavy (non-hydrogen) atoms. The third-order valence-electron chi connectivity index (χ3n) is 9.30. The maximum Gasteiger partial charge on any atom is 0.416 e. The second-order valence-electron chi connectivity index (χ2n) is 12.5. The predicted octanol–water partition coefficient (Wildman–Crippen LogP) is 9.94. The van der Waals surface area contributed by atoms with Crippen LogP contribution in [0.3, 0.4) is 0 Å². The Balaban J connectivity index is 1.39. The van der Waals surface area contributed by atoms with Crippen LogP contribution < -0.4 is 0 Å². The van der Waals surface area contributed by atoms with E-state index in [1.54, 1.807) is 25.1 Å². The number of hydrogen-bond donors (Lipinski definition) is 1. The molecule has 0 spiro atoms. The van der Waals surface area contributed by atoms with Gasteiger partial charge in [-0.2, -0.15) is 26.3 Å². The maximum absolute atomic E-state index is 13.6. The fourth-order valence-electron chi connectivity index (χ4n) is 6.74. The maximum atomic E-state index is 13.6. The number of fused-ring (bicyclic) bond motifs is 1. The Morgan fingerprint density at radius 2 is 1.46 bits per heavy atom. The number of benzene rings is 4. The van der Waals surface area contributed by atoms with Gasteiger partial charge in [-0.05, 0) is 132 Å². The molecule has 2 atom stereocenters. The number of carboxylic acid groups (broad SMARTS) is 1. The number of cyclic esters (lactones) is 1. The van der Waals surface area contributed by atoms with E-state index in [1.165, 1.54) is 10.5 Å². The lowest BCUT2D eigenvalue weighted by Gasteiger charge is -2.24. The normalized spacial score (nSPS) is 17.9. The van der Waals surface area contributed by atoms with Crippen molar-refractivity contribution < 1.29 is 45.8 Å². The summed E-state index contributed by atoms with van der Waals surface area (Å²) < 4.78 is 87.1. The lowest BCUT2D eigenvalue weighted by atomic mass is 9.88. The summed E-state index contributed by atoms with van der Waals surface area (Å²) in [6, 6.07) is 15.3. The van der Waals surface area contributed by atoms with E-state index in [-0.39, 0.29) is 23.7 Å². The molecule has 1 aliphatic heterocycles. The molecule has 11 heteroatoms. The Labute approximate surface area is 272 Å². The summed E-state index contributed by atoms with van der Waals surface area (Å²) in [5.41, 5.74) is 5.04. The third-order valence-corrected chi connectivity index (χ3v) is 9.30. The molecule has 0 radical (unpaired) electrons. The van der Waals surface area contributed by atoms with Crippen LogP contribution in [0.2, 0.25) is 0 Å². The first kappa shape index (κ1) is 33.1. The minimum absolute atomic E-state index is 0.0141. The number of nitrogens with zero attached hydrogens (tertiary/aromatic N) is 1. The molecule has 1 amide bonds. The summed E-state index contributed by atoms with van der Waals surface area (Å²) in [5, 5.41) is 9.40. The molecule has 0 aromatic heterocycles. The van der Waals surface area contributed by atoms with Crippen LogP contribution >= 0.6 is 0 Å². The van der Waals surface area contributed by atoms with Gasteiger partial charge in [0.05, 0.1) is 29.3 Å². The van der Waals surface area contributed by atoms with Gasteiger partial charge in [-0.3, -0.25) is 4.90 Å². The highest BCUT2D eigenvalue weighted by Crippen LogP contribution is 2.43. The van der Waals surface area contributed by atoms with E-state index in [9.17, 15) is 41.0 Å². The van der Waals surface area contributed by atoms with Crippen LogP contribution in [0.4, 0.5) is 31.1 Å². The van der Waals surface area contributed by atoms with Gasteiger partial charge < -0.3 is 9.84 Å². The Morgan fingerprint density at radius 1 is 0.812 bits per heavy atom. The number of rotatable bonds is 6. The molecule has 4 aromatic carbocycles. The first-order chi connectivity index (χ1) is 22.5. The molecule has 5 nitrogen and oxygen atoms in total. The highest BCUT2D eigenvalue weighted by atomic mass is 19.4. The molecule has 1 aliphatic carbocycles. The highest BCUT2D eigenvalue weighted by Gasteiger charge is 2.43. The number of alkyl halides is 6. The molecule has 1 N–H and O–H groups in total. The van der Waals surface area contributed by atoms with Crippen molar-refractivity contribution in [2.24, 2.45) is 0 Å². The molecule has 6 rings (SSSR count). The molecule has 1 heterocycles. The third kappa shape index (κ3) is 6.25. The standard InChI is InChI=1S/C37H31F6NO4/c1-19-7-8-24(30-10-9-25(34(45)46)11-20(30)2)16-31(19)32-15-23-6-4-5-22(23)12-27(32)18-44-21(3)33(48-35(44)47)26-13-28(36(38,39)40)17-29(14-26)37(41,42)43/h7-17,21,33H,4-6,18H2,1-3H3,(H,45,46)/t21-,33-/m0/s1. The quantitative estimate of drug-likeness (QED) is 0.208. The number of hydrogen-bond acceptors (Lipinski definition) is 3. The van der Waals surface area contributed by atoms with Gasteiger partial charge in [0.15, 0.2) is 0 Å². The summed E-state index contributed by atoms with van der Waals surface area (Å²) in [4.78, 5) is 26.1. The average molecular weight is 668 g/mol. The molecule has 250 valence electrons. The highest BCUT2D eigenvalue weighted by molar-refractivity contribution is 5.89. The number of aryl methyl sites for hydroxylation is 4. The Bertz CT molecular complexity index is 1920. The van der Waals surface area contributed by atoms with Crippen LogP contribution in [0.1, 0.15) is 74.3 Å². The lowest BCUT2D eigenvalue weighted by molar-refractivity contribution is -0.143. The zero-order valence-corrected chi connectivity index (χ0v) is 26.2. The molecule has 1 saturated heterocycles. The van der Waals surface area contributed by atoms with Crippen molar-refractivity contribution in [1.82, 2.24) is 4.90 Å². The molecular formula is C37H31F6NO4. The number of halogens is 6. The Hall–Kier alpha value is -4.80. The first-order valence-electron chi connectivity index (χ1n) is 15.4. The molecular weight excluding hydrogens is 636 g/mol. The van der Waals surface area contributed by atoms with Crippen molar-refractivity contribution in [3.63, 3.8) is 0 Å². The van der Waals surface area contributed by atoms with Gasteiger partial charge in [0, 0.05) is 0 Å². The van der Waals surface area contributed by atoms with E-state index in [0.29, 0.717) is 12.1 Å². The van der Waals surface area contributed by atoms with Crippen LogP contribution in [0.5, 0.6) is 0 Å². The number of carbonyl (C=O) groups is 2. The number of carboxylic acids is 1. The van der Waals surface area contributed by atoms with Crippen LogP contribution in [0.15, 0.2) is 66.7 Å². The van der Waals surface area contributed by atoms with Crippen molar-refractivity contribution >= 4 is 12.1 Å². The number of aromatic carboxylic acids is 1. The van der Waals surface area contributed by atoms with Gasteiger partial charge in [-0.25, -0.2) is 9.59 Å². The van der Waals surface area contributed by atoms with Crippen LogP contribution in [-0.4, -0.2) is 28.1 Å². The average Bonchev–Trinajstić information content (AvgIpc) is 3.59. The Morgan fingerprint density at radius 3 is 2.06 bits per heavy atom. The SMILES string of the molecule is Cc1cc(C(=O)O)ccc1-c1ccc(C)c(-c2cc3c(cc2CN2C(=O)O[C@H](c4cc(C(F)(F)F)cc(C(F)(F)F)c4)[C@@H]2C)CCC3)c1. The summed E-state index contributed by atoms with van der Waals surface area (Å²) in [6.07, 6.45) is -9.62. The van der Waals surface area contributed by atoms with E-state index in [4.69, 9.17) is 4.74 Å². The van der Waals surface area contributed by atoms with Crippen LogP contribution in [-0.2, 0) is 36.5 Å². The van der Waals surface area contributed by atoms with Crippen molar-refractivity contribution in [3.8, 4) is 22.3 Å². The van der Waals surface area contributed by atoms with Gasteiger partial charge in [0.25, 0.3) is 0 Å². The summed E-state index contributed by atoms with van der Waals surface area (Å²) >= 11 is 0. The van der Waals surface area contributed by atoms with E-state index in [0.717, 1.165) is 63.8 Å². The van der Waals surface area contributed by atoms with Gasteiger partial charge in [0.1, 0.15) is 6.10 Å². The van der Waals surface area contributed by atoms with E-state index >= 15 is 0 Å². The van der Waals surface area contributed by atoms with Crippen LogP contribution in [0.25, 0.3) is 22.3 Å². The Kier molecular flexibility index (Phi) is 8.29. The van der Waals surface area contributed by atoms with Crippen molar-refractivity contribution in [3.05, 3.63) is 117 Å². The van der Waals surface area contributed by atoms with Crippen LogP contribution in [0, 0.1) is 13.8 Å². The first-order valence-corrected chi connectivity index (χ1v) is 15.4. The minimum Gasteiger partial charge on any atom is -0.478 e. The van der Waals surface area contributed by atoms with E-state index < -0.39 is 47.7 Å². The topological polar surface area (TPSA) is 66.8 Å². The van der Waals surface area contributed by atoms with E-state index in [1.807, 2.05) is 38.1 Å². The van der Waals surface area contributed by atoms with Crippen molar-refractivity contribution in [2.75, 3.05) is 0 Å². The fourth-order valence-corrected chi connectivity index (χ4v) is 6.74. The van der Waals surface area contributed by atoms with Crippen molar-refractivity contribution in [2.45, 2.75) is 71.1 Å². The molecule has 1 fully saturated rings. The zero-order chi connectivity index (χ0) is 34.7. The molecule has 0 saturated carbocycles. The zero-order valence-electron chi connectivity index (χ0n) is 26.2.